The maximum Gasteiger partial charge on any atom is 0.240 e. The predicted octanol–water partition coefficient (Wildman–Crippen LogP) is 3.99. The summed E-state index contributed by atoms with van der Waals surface area (Å²) < 4.78 is 2.08. The molecule has 202 valence electrons. The Morgan fingerprint density at radius 3 is 2.28 bits per heavy atom. The summed E-state index contributed by atoms with van der Waals surface area (Å²) >= 11 is 1.83. The molecule has 11 heteroatoms. The molecule has 3 heterocycles. The van der Waals surface area contributed by atoms with Crippen molar-refractivity contribution in [2.75, 3.05) is 49.3 Å². The van der Waals surface area contributed by atoms with E-state index in [1.807, 2.05) is 22.7 Å². The number of piperazine rings is 1. The van der Waals surface area contributed by atoms with Crippen LogP contribution in [0.2, 0.25) is 0 Å². The monoisotopic (exact) mass is 576 g/mol. The van der Waals surface area contributed by atoms with Crippen LogP contribution in [0.5, 0.6) is 0 Å². The Balaban J connectivity index is 0.00000152. The smallest absolute Gasteiger partial charge is 0.240 e. The Labute approximate surface area is 237 Å². The second-order valence-electron chi connectivity index (χ2n) is 9.65. The minimum Gasteiger partial charge on any atom is -0.354 e. The van der Waals surface area contributed by atoms with Crippen LogP contribution >= 0.6 is 49.0 Å². The van der Waals surface area contributed by atoms with E-state index in [0.29, 0.717) is 12.0 Å². The zero-order chi connectivity index (χ0) is 22.8. The molecule has 7 nitrogen and oxygen atoms in total. The van der Waals surface area contributed by atoms with Gasteiger partial charge in [0, 0.05) is 50.6 Å². The number of benzene rings is 1. The fourth-order valence-corrected chi connectivity index (χ4v) is 6.57. The molecule has 1 atom stereocenters. The number of aromatic nitrogens is 2. The first-order valence-corrected chi connectivity index (χ1v) is 13.5. The van der Waals surface area contributed by atoms with Crippen LogP contribution in [0.15, 0.2) is 36.4 Å². The minimum atomic E-state index is -0.317. The van der Waals surface area contributed by atoms with Crippen LogP contribution in [0.25, 0.3) is 5.69 Å². The third-order valence-electron chi connectivity index (χ3n) is 7.57. The van der Waals surface area contributed by atoms with Crippen LogP contribution in [-0.4, -0.2) is 81.9 Å². The number of amides is 1. The van der Waals surface area contributed by atoms with E-state index in [4.69, 9.17) is 10.8 Å². The van der Waals surface area contributed by atoms with Gasteiger partial charge in [-0.3, -0.25) is 9.69 Å². The van der Waals surface area contributed by atoms with Crippen molar-refractivity contribution >= 4 is 60.7 Å². The average molecular weight is 578 g/mol. The van der Waals surface area contributed by atoms with Gasteiger partial charge in [-0.15, -0.1) is 49.0 Å². The van der Waals surface area contributed by atoms with Gasteiger partial charge < -0.3 is 15.5 Å². The summed E-state index contributed by atoms with van der Waals surface area (Å²) in [6.45, 7) is 7.11. The zero-order valence-corrected chi connectivity index (χ0v) is 24.1. The fourth-order valence-electron chi connectivity index (χ4n) is 5.61. The normalized spacial score (nSPS) is 23.3. The van der Waals surface area contributed by atoms with Gasteiger partial charge in [-0.05, 0) is 50.7 Å². The van der Waals surface area contributed by atoms with Crippen molar-refractivity contribution in [1.82, 2.24) is 19.6 Å². The van der Waals surface area contributed by atoms with E-state index in [9.17, 15) is 4.79 Å². The number of aryl methyl sites for hydroxylation is 1. The molecule has 0 spiro atoms. The highest BCUT2D eigenvalue weighted by Crippen LogP contribution is 2.32. The molecule has 1 saturated carbocycles. The van der Waals surface area contributed by atoms with Gasteiger partial charge in [-0.1, -0.05) is 18.2 Å². The van der Waals surface area contributed by atoms with Gasteiger partial charge in [0.2, 0.25) is 5.91 Å². The summed E-state index contributed by atoms with van der Waals surface area (Å²) in [5, 5.41) is 4.75. The number of thioether (sulfide) groups is 1. The van der Waals surface area contributed by atoms with Crippen molar-refractivity contribution in [3.8, 4) is 5.69 Å². The molecule has 0 radical (unpaired) electrons. The zero-order valence-electron chi connectivity index (χ0n) is 20.8. The SMILES string of the molecule is Cc1cc(N2CCN(C3CCC([C@H](N)C(=O)N4CCSC4)CC3)CC2)n(-c2ccccc2)n1.Cl.Cl.Cl. The van der Waals surface area contributed by atoms with Crippen LogP contribution in [-0.2, 0) is 4.79 Å². The van der Waals surface area contributed by atoms with Crippen LogP contribution in [0.3, 0.4) is 0 Å². The third-order valence-corrected chi connectivity index (χ3v) is 8.53. The lowest BCUT2D eigenvalue weighted by Crippen LogP contribution is -2.53. The minimum absolute atomic E-state index is 0. The van der Waals surface area contributed by atoms with E-state index >= 15 is 0 Å². The molecule has 1 aromatic carbocycles. The number of anilines is 1. The molecular weight excluding hydrogens is 539 g/mol. The first kappa shape index (κ1) is 31.1. The highest BCUT2D eigenvalue weighted by Gasteiger charge is 2.35. The Hall–Kier alpha value is -1.16. The number of carbonyl (C=O) groups excluding carboxylic acids is 1. The fraction of sp³-hybridized carbons (Fsp3) is 0.600. The summed E-state index contributed by atoms with van der Waals surface area (Å²) in [6, 6.07) is 12.9. The van der Waals surface area contributed by atoms with Crippen molar-refractivity contribution in [3.63, 3.8) is 0 Å². The van der Waals surface area contributed by atoms with Crippen LogP contribution in [0.4, 0.5) is 5.82 Å². The quantitative estimate of drug-likeness (QED) is 0.580. The average Bonchev–Trinajstić information content (AvgIpc) is 3.54. The lowest BCUT2D eigenvalue weighted by molar-refractivity contribution is -0.132. The lowest BCUT2D eigenvalue weighted by atomic mass is 9.80. The molecule has 2 saturated heterocycles. The Morgan fingerprint density at radius 2 is 1.67 bits per heavy atom. The summed E-state index contributed by atoms with van der Waals surface area (Å²) in [6.07, 6.45) is 4.44. The molecule has 3 aliphatic rings. The van der Waals surface area contributed by atoms with E-state index in [0.717, 1.165) is 81.4 Å². The number of carbonyl (C=O) groups is 1. The number of hydrogen-bond donors (Lipinski definition) is 1. The summed E-state index contributed by atoms with van der Waals surface area (Å²) in [7, 11) is 0. The molecule has 1 amide bonds. The summed E-state index contributed by atoms with van der Waals surface area (Å²) in [4.78, 5) is 19.8. The predicted molar refractivity (Wildman–Crippen MR) is 157 cm³/mol. The molecule has 2 aromatic rings. The molecule has 1 aliphatic carbocycles. The van der Waals surface area contributed by atoms with E-state index < -0.39 is 0 Å². The molecule has 1 aromatic heterocycles. The van der Waals surface area contributed by atoms with Gasteiger partial charge in [0.05, 0.1) is 23.3 Å². The number of rotatable bonds is 5. The highest BCUT2D eigenvalue weighted by molar-refractivity contribution is 7.99. The summed E-state index contributed by atoms with van der Waals surface area (Å²) in [5.41, 5.74) is 8.57. The van der Waals surface area contributed by atoms with E-state index in [1.165, 1.54) is 5.82 Å². The Bertz CT molecular complexity index is 943. The second kappa shape index (κ2) is 14.1. The maximum atomic E-state index is 12.7. The molecule has 0 bridgehead atoms. The number of para-hydroxylation sites is 1. The van der Waals surface area contributed by atoms with E-state index in [-0.39, 0.29) is 49.2 Å². The number of nitrogens with two attached hydrogens (primary N) is 1. The molecule has 36 heavy (non-hydrogen) atoms. The van der Waals surface area contributed by atoms with Gasteiger partial charge in [0.15, 0.2) is 0 Å². The first-order chi connectivity index (χ1) is 16.1. The lowest BCUT2D eigenvalue weighted by Gasteiger charge is -2.43. The Kier molecular flexibility index (Phi) is 12.2. The highest BCUT2D eigenvalue weighted by atomic mass is 35.5. The van der Waals surface area contributed by atoms with Gasteiger partial charge >= 0.3 is 0 Å². The first-order valence-electron chi connectivity index (χ1n) is 12.3. The molecule has 2 N–H and O–H groups in total. The van der Waals surface area contributed by atoms with Crippen molar-refractivity contribution in [2.45, 2.75) is 44.7 Å². The molecular formula is C25H39Cl3N6OS. The van der Waals surface area contributed by atoms with Crippen LogP contribution in [0.1, 0.15) is 31.4 Å². The van der Waals surface area contributed by atoms with E-state index in [1.54, 1.807) is 0 Å². The standard InChI is InChI=1S/C25H36N6OS.3ClH/c1-19-17-23(31(27-19)22-5-3-2-4-6-22)29-13-11-28(12-14-29)21-9-7-20(8-10-21)24(26)25(32)30-15-16-33-18-30;;;/h2-6,17,20-21,24H,7-16,18,26H2,1H3;3*1H/t20?,21?,24-;;;/m0.../s1. The molecule has 5 rings (SSSR count). The van der Waals surface area contributed by atoms with Gasteiger partial charge in [-0.25, -0.2) is 4.68 Å². The van der Waals surface area contributed by atoms with Gasteiger partial charge in [0.1, 0.15) is 5.82 Å². The maximum absolute atomic E-state index is 12.7. The largest absolute Gasteiger partial charge is 0.354 e. The number of hydrogen-bond acceptors (Lipinski definition) is 6. The molecule has 3 fully saturated rings. The number of nitrogens with zero attached hydrogens (tertiary/aromatic N) is 5. The molecule has 0 unspecified atom stereocenters. The Morgan fingerprint density at radius 1 is 1.00 bits per heavy atom. The summed E-state index contributed by atoms with van der Waals surface area (Å²) in [5.74, 6) is 3.55. The van der Waals surface area contributed by atoms with Crippen molar-refractivity contribution in [2.24, 2.45) is 11.7 Å². The van der Waals surface area contributed by atoms with Crippen molar-refractivity contribution < 1.29 is 4.79 Å². The molecule has 2 aliphatic heterocycles. The second-order valence-corrected chi connectivity index (χ2v) is 10.7. The van der Waals surface area contributed by atoms with Crippen molar-refractivity contribution in [3.05, 3.63) is 42.1 Å². The number of halogens is 3. The van der Waals surface area contributed by atoms with Crippen molar-refractivity contribution in [1.29, 1.82) is 0 Å². The topological polar surface area (TPSA) is 70.6 Å². The van der Waals surface area contributed by atoms with Gasteiger partial charge in [-0.2, -0.15) is 5.10 Å². The van der Waals surface area contributed by atoms with Crippen LogP contribution < -0.4 is 10.6 Å². The third kappa shape index (κ3) is 6.83. The van der Waals surface area contributed by atoms with Gasteiger partial charge in [0.25, 0.3) is 0 Å². The van der Waals surface area contributed by atoms with Crippen LogP contribution in [0, 0.1) is 12.8 Å². The van der Waals surface area contributed by atoms with E-state index in [2.05, 4.69) is 51.7 Å².